The minimum absolute atomic E-state index is 0.000654. The molecule has 0 radical (unpaired) electrons. The molecular formula is C11H22O4Si. The molecule has 0 aliphatic carbocycles. The van der Waals surface area contributed by atoms with Gasteiger partial charge in [0, 0.05) is 12.7 Å². The molecule has 0 saturated carbocycles. The van der Waals surface area contributed by atoms with Gasteiger partial charge in [-0.2, -0.15) is 0 Å². The zero-order valence-electron chi connectivity index (χ0n) is 10.7. The summed E-state index contributed by atoms with van der Waals surface area (Å²) in [5.74, 6) is -0.411. The number of carbonyl (C=O) groups is 1. The maximum absolute atomic E-state index is 11.0. The standard InChI is InChI=1S/C11H22O4Si/c1-10(2)11(12)15-9-14-7-6-8-16(4,5)13-3/h1,6-9H2,2-5H3. The Morgan fingerprint density at radius 3 is 2.50 bits per heavy atom. The smallest absolute Gasteiger partial charge is 0.335 e. The van der Waals surface area contributed by atoms with Gasteiger partial charge in [0.05, 0.1) is 6.61 Å². The number of hydrogen-bond acceptors (Lipinski definition) is 4. The lowest BCUT2D eigenvalue weighted by molar-refractivity contribution is -0.151. The molecule has 5 heteroatoms. The molecule has 4 nitrogen and oxygen atoms in total. The van der Waals surface area contributed by atoms with E-state index < -0.39 is 14.3 Å². The van der Waals surface area contributed by atoms with Gasteiger partial charge in [0.15, 0.2) is 15.1 Å². The normalized spacial score (nSPS) is 11.2. The van der Waals surface area contributed by atoms with Gasteiger partial charge in [-0.25, -0.2) is 4.79 Å². The van der Waals surface area contributed by atoms with Gasteiger partial charge >= 0.3 is 5.97 Å². The molecule has 94 valence electrons. The Hall–Kier alpha value is -0.653. The average molecular weight is 246 g/mol. The molecule has 0 fully saturated rings. The largest absolute Gasteiger partial charge is 0.435 e. The Kier molecular flexibility index (Phi) is 7.28. The number of carbonyl (C=O) groups excluding carboxylic acids is 1. The first-order valence-corrected chi connectivity index (χ1v) is 8.46. The molecule has 0 rings (SSSR count). The van der Waals surface area contributed by atoms with Crippen molar-refractivity contribution >= 4 is 14.3 Å². The van der Waals surface area contributed by atoms with Crippen LogP contribution in [0.3, 0.4) is 0 Å². The van der Waals surface area contributed by atoms with E-state index in [1.807, 2.05) is 0 Å². The maximum Gasteiger partial charge on any atom is 0.335 e. The molecular weight excluding hydrogens is 224 g/mol. The summed E-state index contributed by atoms with van der Waals surface area (Å²) in [6.45, 7) is 9.99. The molecule has 0 spiro atoms. The summed E-state index contributed by atoms with van der Waals surface area (Å²) in [5.41, 5.74) is 0.386. The van der Waals surface area contributed by atoms with Crippen LogP contribution in [0.5, 0.6) is 0 Å². The highest BCUT2D eigenvalue weighted by molar-refractivity contribution is 6.71. The van der Waals surface area contributed by atoms with Crippen molar-refractivity contribution in [2.24, 2.45) is 0 Å². The van der Waals surface area contributed by atoms with Crippen LogP contribution in [0.1, 0.15) is 13.3 Å². The number of ether oxygens (including phenoxy) is 2. The molecule has 0 unspecified atom stereocenters. The summed E-state index contributed by atoms with van der Waals surface area (Å²) in [7, 11) is 0.273. The second-order valence-electron chi connectivity index (χ2n) is 4.31. The Morgan fingerprint density at radius 2 is 2.00 bits per heavy atom. The number of rotatable bonds is 8. The molecule has 0 amide bonds. The summed E-state index contributed by atoms with van der Waals surface area (Å²) in [6.07, 6.45) is 0.928. The van der Waals surface area contributed by atoms with Crippen molar-refractivity contribution in [1.29, 1.82) is 0 Å². The molecule has 0 aliphatic rings. The van der Waals surface area contributed by atoms with Crippen LogP contribution >= 0.6 is 0 Å². The van der Waals surface area contributed by atoms with E-state index in [1.54, 1.807) is 14.0 Å². The second kappa shape index (κ2) is 7.59. The van der Waals surface area contributed by atoms with E-state index in [1.165, 1.54) is 0 Å². The molecule has 0 aromatic rings. The van der Waals surface area contributed by atoms with Crippen LogP contribution in [0, 0.1) is 0 Å². The van der Waals surface area contributed by atoms with E-state index in [0.717, 1.165) is 12.5 Å². The Balaban J connectivity index is 3.41. The summed E-state index contributed by atoms with van der Waals surface area (Å²) < 4.78 is 15.4. The van der Waals surface area contributed by atoms with E-state index in [-0.39, 0.29) is 6.79 Å². The topological polar surface area (TPSA) is 44.8 Å². The van der Waals surface area contributed by atoms with E-state index in [0.29, 0.717) is 12.2 Å². The number of hydrogen-bond donors (Lipinski definition) is 0. The molecule has 0 aromatic heterocycles. The number of esters is 1. The molecule has 0 heterocycles. The van der Waals surface area contributed by atoms with Gasteiger partial charge in [0.2, 0.25) is 0 Å². The summed E-state index contributed by atoms with van der Waals surface area (Å²) in [6, 6.07) is 1.04. The monoisotopic (exact) mass is 246 g/mol. The van der Waals surface area contributed by atoms with Crippen molar-refractivity contribution in [1.82, 2.24) is 0 Å². The minimum Gasteiger partial charge on any atom is -0.435 e. The first kappa shape index (κ1) is 15.3. The van der Waals surface area contributed by atoms with Crippen LogP contribution in [0.25, 0.3) is 0 Å². The Labute approximate surface area is 98.7 Å². The lowest BCUT2D eigenvalue weighted by atomic mass is 10.4. The maximum atomic E-state index is 11.0. The molecule has 0 aliphatic heterocycles. The first-order valence-electron chi connectivity index (χ1n) is 5.34. The van der Waals surface area contributed by atoms with E-state index >= 15 is 0 Å². The van der Waals surface area contributed by atoms with E-state index in [4.69, 9.17) is 13.9 Å². The third-order valence-electron chi connectivity index (χ3n) is 2.24. The highest BCUT2D eigenvalue weighted by atomic mass is 28.4. The van der Waals surface area contributed by atoms with Gasteiger partial charge in [-0.15, -0.1) is 0 Å². The van der Waals surface area contributed by atoms with Crippen molar-refractivity contribution in [2.45, 2.75) is 32.5 Å². The third-order valence-corrected chi connectivity index (χ3v) is 4.90. The average Bonchev–Trinajstić information content (AvgIpc) is 2.22. The third kappa shape index (κ3) is 7.61. The molecule has 16 heavy (non-hydrogen) atoms. The second-order valence-corrected chi connectivity index (χ2v) is 8.73. The zero-order valence-corrected chi connectivity index (χ0v) is 11.7. The van der Waals surface area contributed by atoms with Crippen molar-refractivity contribution in [3.8, 4) is 0 Å². The SMILES string of the molecule is C=C(C)C(=O)OCOCCC[Si](C)(C)OC. The Bertz CT molecular complexity index is 238. The van der Waals surface area contributed by atoms with E-state index in [2.05, 4.69) is 19.7 Å². The first-order chi connectivity index (χ1) is 7.39. The Morgan fingerprint density at radius 1 is 1.38 bits per heavy atom. The van der Waals surface area contributed by atoms with Gasteiger partial charge in [0.25, 0.3) is 0 Å². The van der Waals surface area contributed by atoms with Crippen molar-refractivity contribution < 1.29 is 18.7 Å². The highest BCUT2D eigenvalue weighted by Crippen LogP contribution is 2.11. The van der Waals surface area contributed by atoms with Crippen molar-refractivity contribution in [2.75, 3.05) is 20.5 Å². The van der Waals surface area contributed by atoms with Crippen LogP contribution in [0.4, 0.5) is 0 Å². The summed E-state index contributed by atoms with van der Waals surface area (Å²) in [5, 5.41) is 0. The van der Waals surface area contributed by atoms with Crippen LogP contribution in [-0.4, -0.2) is 34.8 Å². The zero-order chi connectivity index (χ0) is 12.6. The van der Waals surface area contributed by atoms with Crippen LogP contribution < -0.4 is 0 Å². The van der Waals surface area contributed by atoms with Crippen LogP contribution in [-0.2, 0) is 18.7 Å². The fraction of sp³-hybridized carbons (Fsp3) is 0.727. The van der Waals surface area contributed by atoms with Crippen molar-refractivity contribution in [3.05, 3.63) is 12.2 Å². The summed E-state index contributed by atoms with van der Waals surface area (Å²) in [4.78, 5) is 11.0. The van der Waals surface area contributed by atoms with Gasteiger partial charge in [-0.1, -0.05) is 6.58 Å². The predicted octanol–water partition coefficient (Wildman–Crippen LogP) is 2.32. The fourth-order valence-corrected chi connectivity index (χ4v) is 2.18. The minimum atomic E-state index is -1.48. The molecule has 0 atom stereocenters. The van der Waals surface area contributed by atoms with Gasteiger partial charge in [0.1, 0.15) is 0 Å². The molecule has 0 aromatic carbocycles. The molecule has 0 bridgehead atoms. The van der Waals surface area contributed by atoms with Crippen LogP contribution in [0.2, 0.25) is 19.1 Å². The van der Waals surface area contributed by atoms with Crippen molar-refractivity contribution in [3.63, 3.8) is 0 Å². The van der Waals surface area contributed by atoms with Crippen LogP contribution in [0.15, 0.2) is 12.2 Å². The molecule has 0 saturated heterocycles. The van der Waals surface area contributed by atoms with Gasteiger partial charge < -0.3 is 13.9 Å². The van der Waals surface area contributed by atoms with Gasteiger partial charge in [-0.05, 0) is 32.5 Å². The fourth-order valence-electron chi connectivity index (χ4n) is 0.979. The van der Waals surface area contributed by atoms with E-state index in [9.17, 15) is 4.79 Å². The molecule has 0 N–H and O–H groups in total. The summed E-state index contributed by atoms with van der Waals surface area (Å²) >= 11 is 0. The van der Waals surface area contributed by atoms with Gasteiger partial charge in [-0.3, -0.25) is 0 Å². The predicted molar refractivity (Wildman–Crippen MR) is 65.6 cm³/mol. The lowest BCUT2D eigenvalue weighted by Crippen LogP contribution is -2.28. The highest BCUT2D eigenvalue weighted by Gasteiger charge is 2.19. The quantitative estimate of drug-likeness (QED) is 0.217. The lowest BCUT2D eigenvalue weighted by Gasteiger charge is -2.19.